The van der Waals surface area contributed by atoms with Crippen molar-refractivity contribution in [3.8, 4) is 0 Å². The van der Waals surface area contributed by atoms with Crippen LogP contribution in [0.5, 0.6) is 0 Å². The third-order valence-electron chi connectivity index (χ3n) is 4.53. The van der Waals surface area contributed by atoms with Gasteiger partial charge in [0.05, 0.1) is 35.6 Å². The topological polar surface area (TPSA) is 87.2 Å². The Hall–Kier alpha value is -3.26. The van der Waals surface area contributed by atoms with Crippen molar-refractivity contribution in [1.29, 1.82) is 0 Å². The van der Waals surface area contributed by atoms with Gasteiger partial charge < -0.3 is 15.5 Å². The van der Waals surface area contributed by atoms with Crippen LogP contribution in [0.25, 0.3) is 0 Å². The van der Waals surface area contributed by atoms with Crippen LogP contribution in [0.1, 0.15) is 16.3 Å². The molecule has 8 heteroatoms. The van der Waals surface area contributed by atoms with Gasteiger partial charge in [-0.25, -0.2) is 9.97 Å². The number of nitrogens with zero attached hydrogens (tertiary/aromatic N) is 3. The first-order chi connectivity index (χ1) is 14.2. The van der Waals surface area contributed by atoms with E-state index >= 15 is 0 Å². The highest BCUT2D eigenvalue weighted by Gasteiger charge is 2.17. The fourth-order valence-corrected chi connectivity index (χ4v) is 3.96. The van der Waals surface area contributed by atoms with Crippen LogP contribution >= 0.6 is 11.3 Å². The van der Waals surface area contributed by atoms with Crippen LogP contribution in [0.15, 0.2) is 54.0 Å². The molecular formula is C21H21N5O2S. The van der Waals surface area contributed by atoms with E-state index < -0.39 is 0 Å². The van der Waals surface area contributed by atoms with Gasteiger partial charge in [0.2, 0.25) is 11.8 Å². The number of piperazine rings is 1. The van der Waals surface area contributed by atoms with Gasteiger partial charge in [-0.05, 0) is 17.7 Å². The lowest BCUT2D eigenvalue weighted by molar-refractivity contribution is -0.120. The summed E-state index contributed by atoms with van der Waals surface area (Å²) in [4.78, 5) is 34.7. The van der Waals surface area contributed by atoms with Gasteiger partial charge in [-0.2, -0.15) is 0 Å². The van der Waals surface area contributed by atoms with Gasteiger partial charge >= 0.3 is 0 Å². The molecule has 4 rings (SSSR count). The first-order valence-corrected chi connectivity index (χ1v) is 10.3. The number of thiazole rings is 1. The zero-order valence-electron chi connectivity index (χ0n) is 15.8. The fraction of sp³-hybridized carbons (Fsp3) is 0.238. The molecule has 0 saturated carbocycles. The number of benzene rings is 1. The summed E-state index contributed by atoms with van der Waals surface area (Å²) < 4.78 is 0. The summed E-state index contributed by atoms with van der Waals surface area (Å²) in [7, 11) is 0. The Balaban J connectivity index is 1.31. The van der Waals surface area contributed by atoms with Gasteiger partial charge in [0, 0.05) is 24.9 Å². The number of amides is 2. The monoisotopic (exact) mass is 407 g/mol. The smallest absolute Gasteiger partial charge is 0.239 e. The maximum Gasteiger partial charge on any atom is 0.239 e. The molecule has 2 amide bonds. The standard InChI is InChI=1S/C21H21N5O2S/c27-19(11-17-14-29-21(25-17)10-15-4-2-1-3-5-15)24-16-6-7-18(23-12-16)26-9-8-22-20(28)13-26/h1-7,12,14H,8-11,13H2,(H,22,28)(H,24,27). The maximum absolute atomic E-state index is 12.3. The molecule has 0 bridgehead atoms. The zero-order chi connectivity index (χ0) is 20.1. The van der Waals surface area contributed by atoms with Crippen LogP contribution in [0.4, 0.5) is 11.5 Å². The Morgan fingerprint density at radius 1 is 1.21 bits per heavy atom. The van der Waals surface area contributed by atoms with Crippen molar-refractivity contribution in [3.63, 3.8) is 0 Å². The second-order valence-corrected chi connectivity index (χ2v) is 7.74. The van der Waals surface area contributed by atoms with E-state index in [1.165, 1.54) is 5.56 Å². The number of nitrogens with one attached hydrogen (secondary N) is 2. The van der Waals surface area contributed by atoms with Crippen molar-refractivity contribution >= 4 is 34.7 Å². The number of aromatic nitrogens is 2. The molecule has 148 valence electrons. The van der Waals surface area contributed by atoms with Crippen LogP contribution in [0.2, 0.25) is 0 Å². The summed E-state index contributed by atoms with van der Waals surface area (Å²) >= 11 is 1.57. The SMILES string of the molecule is O=C1CN(c2ccc(NC(=O)Cc3csc(Cc4ccccc4)n3)cn2)CCN1. The highest BCUT2D eigenvalue weighted by molar-refractivity contribution is 7.09. The van der Waals surface area contributed by atoms with E-state index in [2.05, 4.69) is 32.7 Å². The Labute approximate surface area is 172 Å². The number of pyridine rings is 1. The summed E-state index contributed by atoms with van der Waals surface area (Å²) in [5.74, 6) is 0.585. The molecule has 29 heavy (non-hydrogen) atoms. The molecule has 2 N–H and O–H groups in total. The summed E-state index contributed by atoms with van der Waals surface area (Å²) in [6.45, 7) is 1.63. The van der Waals surface area contributed by atoms with Gasteiger partial charge in [0.25, 0.3) is 0 Å². The lowest BCUT2D eigenvalue weighted by Gasteiger charge is -2.27. The van der Waals surface area contributed by atoms with E-state index in [0.29, 0.717) is 18.8 Å². The molecular weight excluding hydrogens is 386 g/mol. The molecule has 1 saturated heterocycles. The minimum atomic E-state index is -0.131. The number of carbonyl (C=O) groups is 2. The molecule has 0 radical (unpaired) electrons. The minimum absolute atomic E-state index is 0.00896. The highest BCUT2D eigenvalue weighted by Crippen LogP contribution is 2.17. The molecule has 1 fully saturated rings. The van der Waals surface area contributed by atoms with E-state index in [0.717, 1.165) is 29.5 Å². The first kappa shape index (κ1) is 19.1. The minimum Gasteiger partial charge on any atom is -0.353 e. The first-order valence-electron chi connectivity index (χ1n) is 9.40. The average Bonchev–Trinajstić information content (AvgIpc) is 3.16. The van der Waals surface area contributed by atoms with Gasteiger partial charge in [-0.3, -0.25) is 9.59 Å². The quantitative estimate of drug-likeness (QED) is 0.654. The van der Waals surface area contributed by atoms with Crippen molar-refractivity contribution in [2.75, 3.05) is 29.9 Å². The van der Waals surface area contributed by atoms with Crippen molar-refractivity contribution in [3.05, 3.63) is 70.3 Å². The molecule has 1 aliphatic heterocycles. The molecule has 7 nitrogen and oxygen atoms in total. The third kappa shape index (κ3) is 5.17. The second kappa shape index (κ2) is 8.83. The molecule has 3 aromatic rings. The second-order valence-electron chi connectivity index (χ2n) is 6.80. The summed E-state index contributed by atoms with van der Waals surface area (Å²) in [5.41, 5.74) is 2.59. The van der Waals surface area contributed by atoms with Crippen LogP contribution < -0.4 is 15.5 Å². The van der Waals surface area contributed by atoms with E-state index in [1.54, 1.807) is 23.6 Å². The van der Waals surface area contributed by atoms with Gasteiger partial charge in [-0.1, -0.05) is 30.3 Å². The number of carbonyl (C=O) groups excluding carboxylic acids is 2. The van der Waals surface area contributed by atoms with Crippen LogP contribution in [-0.4, -0.2) is 41.4 Å². The molecule has 3 heterocycles. The largest absolute Gasteiger partial charge is 0.353 e. The fourth-order valence-electron chi connectivity index (χ4n) is 3.13. The van der Waals surface area contributed by atoms with Crippen LogP contribution in [0, 0.1) is 0 Å². The summed E-state index contributed by atoms with van der Waals surface area (Å²) in [6.07, 6.45) is 2.61. The summed E-state index contributed by atoms with van der Waals surface area (Å²) in [6, 6.07) is 13.8. The molecule has 0 spiro atoms. The average molecular weight is 407 g/mol. The molecule has 1 aromatic carbocycles. The number of anilines is 2. The number of hydrogen-bond acceptors (Lipinski definition) is 6. The van der Waals surface area contributed by atoms with E-state index in [-0.39, 0.29) is 18.2 Å². The predicted octanol–water partition coefficient (Wildman–Crippen LogP) is 2.25. The Kier molecular flexibility index (Phi) is 5.81. The number of rotatable bonds is 6. The van der Waals surface area contributed by atoms with Gasteiger partial charge in [-0.15, -0.1) is 11.3 Å². The molecule has 2 aromatic heterocycles. The van der Waals surface area contributed by atoms with E-state index in [9.17, 15) is 9.59 Å². The molecule has 1 aliphatic rings. The van der Waals surface area contributed by atoms with Crippen molar-refractivity contribution in [2.45, 2.75) is 12.8 Å². The van der Waals surface area contributed by atoms with Crippen molar-refractivity contribution in [1.82, 2.24) is 15.3 Å². The third-order valence-corrected chi connectivity index (χ3v) is 5.43. The number of hydrogen-bond donors (Lipinski definition) is 2. The molecule has 0 unspecified atom stereocenters. The Morgan fingerprint density at radius 3 is 2.83 bits per heavy atom. The Morgan fingerprint density at radius 2 is 2.07 bits per heavy atom. The van der Waals surface area contributed by atoms with Gasteiger partial charge in [0.1, 0.15) is 5.82 Å². The molecule has 0 aliphatic carbocycles. The van der Waals surface area contributed by atoms with Crippen LogP contribution in [-0.2, 0) is 22.4 Å². The highest BCUT2D eigenvalue weighted by atomic mass is 32.1. The normalized spacial score (nSPS) is 13.8. The summed E-state index contributed by atoms with van der Waals surface area (Å²) in [5, 5.41) is 8.57. The van der Waals surface area contributed by atoms with E-state index in [4.69, 9.17) is 0 Å². The lowest BCUT2D eigenvalue weighted by Crippen LogP contribution is -2.48. The molecule has 0 atom stereocenters. The van der Waals surface area contributed by atoms with Gasteiger partial charge in [0.15, 0.2) is 0 Å². The lowest BCUT2D eigenvalue weighted by atomic mass is 10.2. The van der Waals surface area contributed by atoms with E-state index in [1.807, 2.05) is 34.5 Å². The predicted molar refractivity (Wildman–Crippen MR) is 113 cm³/mol. The maximum atomic E-state index is 12.3. The zero-order valence-corrected chi connectivity index (χ0v) is 16.6. The van der Waals surface area contributed by atoms with Crippen LogP contribution in [0.3, 0.4) is 0 Å². The Bertz CT molecular complexity index is 988. The van der Waals surface area contributed by atoms with Crippen molar-refractivity contribution in [2.24, 2.45) is 0 Å². The van der Waals surface area contributed by atoms with Crippen molar-refractivity contribution < 1.29 is 9.59 Å².